The zero-order chi connectivity index (χ0) is 12.5. The van der Waals surface area contributed by atoms with E-state index < -0.39 is 0 Å². The van der Waals surface area contributed by atoms with Crippen molar-refractivity contribution in [3.05, 3.63) is 53.5 Å². The highest BCUT2D eigenvalue weighted by Gasteiger charge is 2.10. The Hall–Kier alpha value is -2.54. The number of nitriles is 1. The van der Waals surface area contributed by atoms with E-state index in [-0.39, 0.29) is 0 Å². The van der Waals surface area contributed by atoms with Crippen molar-refractivity contribution in [2.75, 3.05) is 0 Å². The minimum absolute atomic E-state index is 0.659. The van der Waals surface area contributed by atoms with Crippen molar-refractivity contribution in [3.8, 4) is 6.07 Å². The van der Waals surface area contributed by atoms with Crippen LogP contribution in [0.5, 0.6) is 0 Å². The van der Waals surface area contributed by atoms with Gasteiger partial charge in [0.2, 0.25) is 0 Å². The van der Waals surface area contributed by atoms with E-state index in [1.807, 2.05) is 29.0 Å². The Morgan fingerprint density at radius 2 is 2.33 bits per heavy atom. The number of rotatable bonds is 2. The van der Waals surface area contributed by atoms with Gasteiger partial charge in [0, 0.05) is 22.7 Å². The van der Waals surface area contributed by atoms with Gasteiger partial charge >= 0.3 is 0 Å². The summed E-state index contributed by atoms with van der Waals surface area (Å²) < 4.78 is 2.02. The van der Waals surface area contributed by atoms with Crippen molar-refractivity contribution in [3.63, 3.8) is 0 Å². The zero-order valence-electron chi connectivity index (χ0n) is 10.0. The summed E-state index contributed by atoms with van der Waals surface area (Å²) in [6.07, 6.45) is 3.63. The quantitative estimate of drug-likeness (QED) is 0.743. The first-order valence-electron chi connectivity index (χ1n) is 5.76. The molecule has 2 aromatic heterocycles. The molecule has 0 amide bonds. The highest BCUT2D eigenvalue weighted by Crippen LogP contribution is 2.23. The summed E-state index contributed by atoms with van der Waals surface area (Å²) in [5.74, 6) is 0. The van der Waals surface area contributed by atoms with Crippen molar-refractivity contribution in [1.29, 1.82) is 5.26 Å². The van der Waals surface area contributed by atoms with E-state index in [1.165, 1.54) is 5.56 Å². The van der Waals surface area contributed by atoms with E-state index in [0.29, 0.717) is 12.2 Å². The molecule has 4 nitrogen and oxygen atoms in total. The molecule has 0 aliphatic rings. The predicted molar refractivity (Wildman–Crippen MR) is 69.1 cm³/mol. The van der Waals surface area contributed by atoms with Crippen LogP contribution < -0.4 is 0 Å². The largest absolute Gasteiger partial charge is 0.328 e. The van der Waals surface area contributed by atoms with Crippen LogP contribution in [0.4, 0.5) is 0 Å². The highest BCUT2D eigenvalue weighted by atomic mass is 15.1. The van der Waals surface area contributed by atoms with Gasteiger partial charge in [-0.05, 0) is 24.6 Å². The highest BCUT2D eigenvalue weighted by molar-refractivity contribution is 5.85. The molecule has 3 aromatic rings. The van der Waals surface area contributed by atoms with Gasteiger partial charge in [0.1, 0.15) is 11.8 Å². The van der Waals surface area contributed by atoms with Crippen LogP contribution in [0.3, 0.4) is 0 Å². The summed E-state index contributed by atoms with van der Waals surface area (Å²) in [5.41, 5.74) is 4.02. The van der Waals surface area contributed by atoms with Crippen molar-refractivity contribution in [2.45, 2.75) is 13.5 Å². The number of hydrogen-bond donors (Lipinski definition) is 1. The normalized spacial score (nSPS) is 10.7. The van der Waals surface area contributed by atoms with E-state index in [2.05, 4.69) is 29.3 Å². The first-order valence-corrected chi connectivity index (χ1v) is 5.76. The lowest BCUT2D eigenvalue weighted by Crippen LogP contribution is -2.01. The molecular formula is C14H12N4. The molecule has 0 atom stereocenters. The second-order valence-electron chi connectivity index (χ2n) is 4.34. The average Bonchev–Trinajstić information content (AvgIpc) is 2.99. The molecule has 2 heterocycles. The second-order valence-corrected chi connectivity index (χ2v) is 4.34. The Morgan fingerprint density at radius 1 is 1.44 bits per heavy atom. The van der Waals surface area contributed by atoms with Crippen molar-refractivity contribution < 1.29 is 0 Å². The van der Waals surface area contributed by atoms with Gasteiger partial charge in [0.05, 0.1) is 12.7 Å². The molecule has 0 bridgehead atoms. The zero-order valence-corrected chi connectivity index (χ0v) is 10.0. The molecule has 0 saturated carbocycles. The molecule has 4 heteroatoms. The lowest BCUT2D eigenvalue weighted by atomic mass is 10.1. The van der Waals surface area contributed by atoms with Crippen LogP contribution in [0.1, 0.15) is 16.8 Å². The molecule has 0 spiro atoms. The Kier molecular flexibility index (Phi) is 2.38. The SMILES string of the molecule is Cc1cccc2c1cc(C#N)n2Cc1cn[nH]c1. The van der Waals surface area contributed by atoms with Gasteiger partial charge in [0.15, 0.2) is 0 Å². The summed E-state index contributed by atoms with van der Waals surface area (Å²) in [6, 6.07) is 10.3. The van der Waals surface area contributed by atoms with E-state index in [4.69, 9.17) is 0 Å². The lowest BCUT2D eigenvalue weighted by Gasteiger charge is -2.05. The van der Waals surface area contributed by atoms with Gasteiger partial charge < -0.3 is 4.57 Å². The van der Waals surface area contributed by atoms with Crippen LogP contribution in [-0.2, 0) is 6.54 Å². The average molecular weight is 236 g/mol. The van der Waals surface area contributed by atoms with E-state index in [1.54, 1.807) is 6.20 Å². The molecule has 18 heavy (non-hydrogen) atoms. The molecule has 3 rings (SSSR count). The molecule has 0 radical (unpaired) electrons. The maximum atomic E-state index is 9.24. The number of aromatic amines is 1. The Bertz CT molecular complexity index is 729. The van der Waals surface area contributed by atoms with E-state index >= 15 is 0 Å². The minimum atomic E-state index is 0.659. The number of aryl methyl sites for hydroxylation is 1. The third kappa shape index (κ3) is 1.57. The van der Waals surface area contributed by atoms with Crippen molar-refractivity contribution in [2.24, 2.45) is 0 Å². The number of hydrogen-bond acceptors (Lipinski definition) is 2. The fourth-order valence-corrected chi connectivity index (χ4v) is 2.24. The van der Waals surface area contributed by atoms with Crippen LogP contribution in [0, 0.1) is 18.3 Å². The van der Waals surface area contributed by atoms with Crippen LogP contribution in [0.25, 0.3) is 10.9 Å². The molecule has 88 valence electrons. The molecule has 0 saturated heterocycles. The smallest absolute Gasteiger partial charge is 0.121 e. The second kappa shape index (κ2) is 4.04. The van der Waals surface area contributed by atoms with Crippen molar-refractivity contribution in [1.82, 2.24) is 14.8 Å². The maximum absolute atomic E-state index is 9.24. The molecule has 0 aliphatic carbocycles. The number of benzene rings is 1. The van der Waals surface area contributed by atoms with Crippen LogP contribution in [0.15, 0.2) is 36.7 Å². The molecule has 1 N–H and O–H groups in total. The summed E-state index contributed by atoms with van der Waals surface area (Å²) in [5, 5.41) is 17.1. The van der Waals surface area contributed by atoms with Gasteiger partial charge in [-0.25, -0.2) is 0 Å². The van der Waals surface area contributed by atoms with E-state index in [0.717, 1.165) is 16.5 Å². The van der Waals surface area contributed by atoms with E-state index in [9.17, 15) is 5.26 Å². The van der Waals surface area contributed by atoms with Gasteiger partial charge in [-0.15, -0.1) is 0 Å². The Labute approximate surface area is 104 Å². The Balaban J connectivity index is 2.21. The molecule has 0 fully saturated rings. The summed E-state index contributed by atoms with van der Waals surface area (Å²) in [4.78, 5) is 0. The summed E-state index contributed by atoms with van der Waals surface area (Å²) >= 11 is 0. The van der Waals surface area contributed by atoms with Crippen LogP contribution in [0.2, 0.25) is 0 Å². The predicted octanol–water partition coefficient (Wildman–Crippen LogP) is 2.59. The first kappa shape index (κ1) is 10.6. The molecule has 1 aromatic carbocycles. The molecule has 0 unspecified atom stereocenters. The van der Waals surface area contributed by atoms with Crippen LogP contribution >= 0.6 is 0 Å². The van der Waals surface area contributed by atoms with Crippen LogP contribution in [-0.4, -0.2) is 14.8 Å². The van der Waals surface area contributed by atoms with Gasteiger partial charge in [0.25, 0.3) is 0 Å². The number of nitrogens with one attached hydrogen (secondary N) is 1. The topological polar surface area (TPSA) is 57.4 Å². The van der Waals surface area contributed by atoms with Crippen molar-refractivity contribution >= 4 is 10.9 Å². The fraction of sp³-hybridized carbons (Fsp3) is 0.143. The number of H-pyrrole nitrogens is 1. The Morgan fingerprint density at radius 3 is 3.06 bits per heavy atom. The van der Waals surface area contributed by atoms with Gasteiger partial charge in [-0.2, -0.15) is 10.4 Å². The monoisotopic (exact) mass is 236 g/mol. The standard InChI is InChI=1S/C14H12N4/c1-10-3-2-4-14-13(10)5-12(6-15)18(14)9-11-7-16-17-8-11/h2-5,7-8H,9H2,1H3,(H,16,17). The number of fused-ring (bicyclic) bond motifs is 1. The summed E-state index contributed by atoms with van der Waals surface area (Å²) in [7, 11) is 0. The third-order valence-corrected chi connectivity index (χ3v) is 3.17. The van der Waals surface area contributed by atoms with Gasteiger partial charge in [-0.3, -0.25) is 5.10 Å². The lowest BCUT2D eigenvalue weighted by molar-refractivity contribution is 0.824. The number of aromatic nitrogens is 3. The first-order chi connectivity index (χ1) is 8.79. The van der Waals surface area contributed by atoms with Gasteiger partial charge in [-0.1, -0.05) is 12.1 Å². The molecular weight excluding hydrogens is 224 g/mol. The maximum Gasteiger partial charge on any atom is 0.121 e. The minimum Gasteiger partial charge on any atom is -0.328 e. The number of nitrogens with zero attached hydrogens (tertiary/aromatic N) is 3. The summed E-state index contributed by atoms with van der Waals surface area (Å²) in [6.45, 7) is 2.72. The fourth-order valence-electron chi connectivity index (χ4n) is 2.24. The molecule has 0 aliphatic heterocycles. The third-order valence-electron chi connectivity index (χ3n) is 3.17.